The van der Waals surface area contributed by atoms with Gasteiger partial charge in [0.1, 0.15) is 11.4 Å². The van der Waals surface area contributed by atoms with Gasteiger partial charge in [0.2, 0.25) is 0 Å². The van der Waals surface area contributed by atoms with E-state index < -0.39 is 11.4 Å². The zero-order valence-electron chi connectivity index (χ0n) is 11.7. The van der Waals surface area contributed by atoms with Crippen molar-refractivity contribution < 1.29 is 4.55 Å². The molecule has 2 aliphatic rings. The van der Waals surface area contributed by atoms with E-state index in [1.165, 1.54) is 11.1 Å². The molecule has 2 aromatic carbocycles. The number of benzene rings is 2. The third-order valence-corrected chi connectivity index (χ3v) is 5.82. The lowest BCUT2D eigenvalue weighted by Gasteiger charge is -2.21. The van der Waals surface area contributed by atoms with Gasteiger partial charge in [-0.2, -0.15) is 4.31 Å². The van der Waals surface area contributed by atoms with E-state index in [0.29, 0.717) is 12.0 Å². The summed E-state index contributed by atoms with van der Waals surface area (Å²) in [5.41, 5.74) is 9.69. The van der Waals surface area contributed by atoms with Crippen LogP contribution >= 0.6 is 0 Å². The molecule has 1 fully saturated rings. The van der Waals surface area contributed by atoms with Crippen molar-refractivity contribution in [2.45, 2.75) is 29.7 Å². The molecule has 2 aromatic rings. The maximum Gasteiger partial charge on any atom is 0.180 e. The molecule has 4 heteroatoms. The summed E-state index contributed by atoms with van der Waals surface area (Å²) in [5.74, 6) is 0.531. The topological polar surface area (TPSA) is 52.3 Å². The fourth-order valence-electron chi connectivity index (χ4n) is 3.06. The number of hydrogen-bond donors (Lipinski definition) is 1. The summed E-state index contributed by atoms with van der Waals surface area (Å²) in [5, 5.41) is 0. The number of fused-ring (bicyclic) bond motifs is 1. The molecular formula is C17H18N2OS. The highest BCUT2D eigenvalue weighted by atomic mass is 32.2. The van der Waals surface area contributed by atoms with Crippen molar-refractivity contribution in [1.82, 2.24) is 0 Å². The van der Waals surface area contributed by atoms with Crippen molar-refractivity contribution in [3.63, 3.8) is 0 Å². The molecule has 1 aliphatic heterocycles. The lowest BCUT2D eigenvalue weighted by molar-refractivity contribution is 0.591. The Balaban J connectivity index is 1.61. The van der Waals surface area contributed by atoms with Crippen molar-refractivity contribution in [3.8, 4) is 0 Å². The van der Waals surface area contributed by atoms with Crippen LogP contribution in [0.4, 0.5) is 5.69 Å². The minimum atomic E-state index is -1.12. The summed E-state index contributed by atoms with van der Waals surface area (Å²) in [6.45, 7) is 0.816. The van der Waals surface area contributed by atoms with Crippen LogP contribution in [0.1, 0.15) is 23.5 Å². The zero-order chi connectivity index (χ0) is 14.4. The van der Waals surface area contributed by atoms with Gasteiger partial charge in [-0.15, -0.1) is 0 Å². The van der Waals surface area contributed by atoms with E-state index in [2.05, 4.69) is 18.2 Å². The zero-order valence-corrected chi connectivity index (χ0v) is 12.6. The average Bonchev–Trinajstić information content (AvgIpc) is 3.11. The summed E-state index contributed by atoms with van der Waals surface area (Å²) in [6, 6.07) is 16.5. The molecule has 2 N–H and O–H groups in total. The van der Waals surface area contributed by atoms with Crippen molar-refractivity contribution in [2.24, 2.45) is 5.73 Å². The Bertz CT molecular complexity index is 661. The van der Waals surface area contributed by atoms with Gasteiger partial charge < -0.3 is 10.3 Å². The van der Waals surface area contributed by atoms with Crippen molar-refractivity contribution in [1.29, 1.82) is 0 Å². The van der Waals surface area contributed by atoms with Crippen LogP contribution in [-0.2, 0) is 17.8 Å². The fraction of sp³-hybridized carbons (Fsp3) is 0.294. The summed E-state index contributed by atoms with van der Waals surface area (Å²) < 4.78 is 14.7. The molecule has 3 unspecified atom stereocenters. The molecule has 108 valence electrons. The van der Waals surface area contributed by atoms with Gasteiger partial charge in [0, 0.05) is 12.0 Å². The first kappa shape index (κ1) is 13.2. The highest BCUT2D eigenvalue weighted by molar-refractivity contribution is 7.92. The van der Waals surface area contributed by atoms with Crippen LogP contribution in [0.25, 0.3) is 0 Å². The van der Waals surface area contributed by atoms with Crippen LogP contribution in [0.3, 0.4) is 0 Å². The molecule has 0 amide bonds. The Labute approximate surface area is 128 Å². The van der Waals surface area contributed by atoms with Crippen LogP contribution in [-0.4, -0.2) is 17.1 Å². The quantitative estimate of drug-likeness (QED) is 0.886. The Morgan fingerprint density at radius 2 is 1.90 bits per heavy atom. The molecule has 4 rings (SSSR count). The highest BCUT2D eigenvalue weighted by Gasteiger charge is 2.36. The lowest BCUT2D eigenvalue weighted by Crippen LogP contribution is -2.29. The molecule has 0 saturated heterocycles. The molecule has 0 radical (unpaired) electrons. The molecule has 1 heterocycles. The second-order valence-electron chi connectivity index (χ2n) is 5.81. The van der Waals surface area contributed by atoms with E-state index in [0.717, 1.165) is 30.0 Å². The maximum atomic E-state index is 12.7. The van der Waals surface area contributed by atoms with Crippen LogP contribution < -0.4 is 10.0 Å². The molecule has 0 spiro atoms. The van der Waals surface area contributed by atoms with Gasteiger partial charge in [-0.1, -0.05) is 30.3 Å². The molecule has 1 saturated carbocycles. The van der Waals surface area contributed by atoms with Gasteiger partial charge in [-0.05, 0) is 42.2 Å². The van der Waals surface area contributed by atoms with E-state index in [1.807, 2.05) is 34.6 Å². The van der Waals surface area contributed by atoms with Crippen molar-refractivity contribution >= 4 is 17.0 Å². The highest BCUT2D eigenvalue weighted by Crippen LogP contribution is 2.42. The van der Waals surface area contributed by atoms with Gasteiger partial charge in [-0.25, -0.2) is 0 Å². The van der Waals surface area contributed by atoms with Gasteiger partial charge in [0.25, 0.3) is 0 Å². The van der Waals surface area contributed by atoms with E-state index in [4.69, 9.17) is 5.73 Å². The molecule has 0 bridgehead atoms. The largest absolute Gasteiger partial charge is 0.588 e. The smallest absolute Gasteiger partial charge is 0.180 e. The number of rotatable bonds is 3. The Kier molecular flexibility index (Phi) is 3.17. The van der Waals surface area contributed by atoms with Crippen LogP contribution in [0, 0.1) is 0 Å². The Morgan fingerprint density at radius 3 is 2.62 bits per heavy atom. The predicted molar refractivity (Wildman–Crippen MR) is 85.7 cm³/mol. The maximum absolute atomic E-state index is 12.7. The lowest BCUT2D eigenvalue weighted by atomic mass is 10.1. The average molecular weight is 298 g/mol. The Hall–Kier alpha value is -1.49. The van der Waals surface area contributed by atoms with E-state index in [1.54, 1.807) is 0 Å². The third kappa shape index (κ3) is 2.33. The molecule has 0 aromatic heterocycles. The van der Waals surface area contributed by atoms with E-state index in [9.17, 15) is 4.55 Å². The molecular weight excluding hydrogens is 280 g/mol. The van der Waals surface area contributed by atoms with Crippen LogP contribution in [0.2, 0.25) is 0 Å². The second kappa shape index (κ2) is 5.05. The van der Waals surface area contributed by atoms with Gasteiger partial charge in [-0.3, -0.25) is 0 Å². The third-order valence-electron chi connectivity index (χ3n) is 4.37. The minimum Gasteiger partial charge on any atom is -0.588 e. The normalized spacial score (nSPS) is 24.8. The second-order valence-corrected chi connectivity index (χ2v) is 7.22. The molecule has 21 heavy (non-hydrogen) atoms. The predicted octanol–water partition coefficient (Wildman–Crippen LogP) is 2.59. The van der Waals surface area contributed by atoms with Crippen LogP contribution in [0.5, 0.6) is 0 Å². The van der Waals surface area contributed by atoms with Crippen molar-refractivity contribution in [2.75, 3.05) is 10.8 Å². The standard InChI is InChI=1S/C17H18N2OS/c18-16-11-15(16)12-6-7-17-13(10-12)8-9-19(17)21(20)14-4-2-1-3-5-14/h1-7,10,15-16H,8-9,11,18H2. The minimum absolute atomic E-state index is 0.332. The fourth-order valence-corrected chi connectivity index (χ4v) is 4.31. The van der Waals surface area contributed by atoms with Crippen molar-refractivity contribution in [3.05, 3.63) is 59.7 Å². The molecule has 3 atom stereocenters. The summed E-state index contributed by atoms with van der Waals surface area (Å²) >= 11 is -1.12. The summed E-state index contributed by atoms with van der Waals surface area (Å²) in [7, 11) is 0. The number of nitrogens with two attached hydrogens (primary N) is 1. The monoisotopic (exact) mass is 298 g/mol. The van der Waals surface area contributed by atoms with E-state index in [-0.39, 0.29) is 0 Å². The van der Waals surface area contributed by atoms with Gasteiger partial charge >= 0.3 is 0 Å². The SMILES string of the molecule is NC1CC1c1ccc2c(c1)CCN2[S+]([O-])c1ccccc1. The summed E-state index contributed by atoms with van der Waals surface area (Å²) in [4.78, 5) is 0.860. The first-order valence-corrected chi connectivity index (χ1v) is 8.47. The van der Waals surface area contributed by atoms with Crippen LogP contribution in [0.15, 0.2) is 53.4 Å². The Morgan fingerprint density at radius 1 is 1.14 bits per heavy atom. The molecule has 3 nitrogen and oxygen atoms in total. The van der Waals surface area contributed by atoms with Gasteiger partial charge in [0.15, 0.2) is 4.90 Å². The number of anilines is 1. The molecule has 1 aliphatic carbocycles. The first-order chi connectivity index (χ1) is 10.2. The number of nitrogens with zero attached hydrogens (tertiary/aromatic N) is 1. The first-order valence-electron chi connectivity index (χ1n) is 7.37. The van der Waals surface area contributed by atoms with Gasteiger partial charge in [0.05, 0.1) is 12.2 Å². The van der Waals surface area contributed by atoms with E-state index >= 15 is 0 Å². The summed E-state index contributed by atoms with van der Waals surface area (Å²) in [6.07, 6.45) is 2.06. The number of hydrogen-bond acceptors (Lipinski definition) is 3.